The summed E-state index contributed by atoms with van der Waals surface area (Å²) in [5.41, 5.74) is 19.3. The van der Waals surface area contributed by atoms with E-state index in [-0.39, 0.29) is 34.9 Å². The zero-order valence-electron chi connectivity index (χ0n) is 52.1. The zero-order valence-corrected chi connectivity index (χ0v) is 52.1. The molecule has 2 atom stereocenters. The number of H-pyrrole nitrogens is 1. The average molecular weight is 1180 g/mol. The van der Waals surface area contributed by atoms with E-state index >= 15 is 0 Å². The van der Waals surface area contributed by atoms with Crippen molar-refractivity contribution in [3.05, 3.63) is 100.0 Å². The van der Waals surface area contributed by atoms with E-state index in [0.717, 1.165) is 117 Å². The summed E-state index contributed by atoms with van der Waals surface area (Å²) in [5, 5.41) is 19.3. The number of nitrogen functional groups attached to an aromatic ring is 1. The molecule has 5 aliphatic rings. The van der Waals surface area contributed by atoms with Crippen LogP contribution >= 0.6 is 0 Å². The summed E-state index contributed by atoms with van der Waals surface area (Å²) in [7, 11) is 6.41. The molecule has 2 unspecified atom stereocenters. The second-order valence-electron chi connectivity index (χ2n) is 26.3. The molecule has 9 N–H and O–H groups in total. The number of terminal acetylenes is 1. The number of anilines is 2. The maximum atomic E-state index is 14.1. The van der Waals surface area contributed by atoms with Gasteiger partial charge in [0.2, 0.25) is 23.7 Å². The third-order valence-electron chi connectivity index (χ3n) is 17.6. The highest BCUT2D eigenvalue weighted by molar-refractivity contribution is 5.93. The first-order valence-electron chi connectivity index (χ1n) is 31.1. The van der Waals surface area contributed by atoms with Gasteiger partial charge in [-0.3, -0.25) is 14.4 Å². The van der Waals surface area contributed by atoms with Crippen molar-refractivity contribution in [3.8, 4) is 18.1 Å². The summed E-state index contributed by atoms with van der Waals surface area (Å²) in [4.78, 5) is 73.9. The van der Waals surface area contributed by atoms with E-state index in [0.29, 0.717) is 100 Å². The summed E-state index contributed by atoms with van der Waals surface area (Å²) < 4.78 is 11.7. The number of ether oxygens (including phenoxy) is 2. The lowest BCUT2D eigenvalue weighted by atomic mass is 9.60. The topological polar surface area (TPSA) is 250 Å². The molecule has 2 aromatic heterocycles. The minimum atomic E-state index is -0.764. The highest BCUT2D eigenvalue weighted by atomic mass is 16.5. The molecule has 4 fully saturated rings. The normalized spacial score (nSPS) is 18.5. The van der Waals surface area contributed by atoms with Crippen LogP contribution in [0.25, 0.3) is 11.8 Å². The van der Waals surface area contributed by atoms with E-state index in [1.54, 1.807) is 23.1 Å². The highest BCUT2D eigenvalue weighted by Crippen LogP contribution is 2.51. The molecule has 6 heterocycles. The van der Waals surface area contributed by atoms with Crippen molar-refractivity contribution >= 4 is 47.3 Å². The predicted octanol–water partition coefficient (Wildman–Crippen LogP) is 6.59. The van der Waals surface area contributed by atoms with Crippen molar-refractivity contribution < 1.29 is 38.2 Å². The Morgan fingerprint density at radius 2 is 1.63 bits per heavy atom. The van der Waals surface area contributed by atoms with Gasteiger partial charge < -0.3 is 71.1 Å². The van der Waals surface area contributed by atoms with E-state index in [9.17, 15) is 24.3 Å². The van der Waals surface area contributed by atoms with Crippen molar-refractivity contribution in [2.24, 2.45) is 16.6 Å². The van der Waals surface area contributed by atoms with Gasteiger partial charge in [0.15, 0.2) is 0 Å². The Morgan fingerprint density at radius 1 is 0.930 bits per heavy atom. The van der Waals surface area contributed by atoms with Crippen LogP contribution in [0.5, 0.6) is 5.75 Å². The number of phenolic OH excluding ortho intramolecular Hbond substituents is 1. The number of piperidine rings is 1. The number of para-hydroxylation sites is 1. The highest BCUT2D eigenvalue weighted by Gasteiger charge is 2.56. The smallest absolute Gasteiger partial charge is 0.318 e. The number of quaternary nitrogens is 1. The van der Waals surface area contributed by atoms with Crippen molar-refractivity contribution in [1.82, 2.24) is 45.6 Å². The Labute approximate surface area is 509 Å². The van der Waals surface area contributed by atoms with Crippen LogP contribution in [0.4, 0.5) is 16.6 Å². The molecule has 4 aromatic rings. The molecule has 466 valence electrons. The largest absolute Gasteiger partial charge is 0.507 e. The number of unbranched alkanes of at least 4 members (excludes halogenated alkanes) is 2. The molecule has 20 heteroatoms. The first-order valence-corrected chi connectivity index (χ1v) is 31.1. The van der Waals surface area contributed by atoms with Crippen molar-refractivity contribution in [2.45, 2.75) is 135 Å². The van der Waals surface area contributed by atoms with Crippen molar-refractivity contribution in [2.75, 3.05) is 111 Å². The van der Waals surface area contributed by atoms with E-state index in [2.05, 4.69) is 64.7 Å². The fourth-order valence-electron chi connectivity index (χ4n) is 12.4. The Bertz CT molecular complexity index is 2980. The number of rotatable bonds is 23. The predicted molar refractivity (Wildman–Crippen MR) is 337 cm³/mol. The molecule has 9 rings (SSSR count). The average Bonchev–Trinajstić information content (AvgIpc) is 0.941. The SMILES string of the molecule is C#Cc1ccc(CNC(=O)C2CCCN2C(=O)C(NC(=O)N2CC3(CC(N4CCC(c5cnc(N6CCc7[nH]c(N)c(/C=C(\N)c8ccccc8O)c7C6)nc5)CC4)C3)C2)C(C)(C)C)cc1.CCCCCNC(=O)CCOCCOCC[N+](C)(C)C. The maximum absolute atomic E-state index is 14.1. The Balaban J connectivity index is 0.000000412. The Morgan fingerprint density at radius 3 is 2.29 bits per heavy atom. The number of likely N-dealkylation sites (tertiary alicyclic amines) is 3. The van der Waals surface area contributed by atoms with Gasteiger partial charge in [0.25, 0.3) is 0 Å². The van der Waals surface area contributed by atoms with E-state index in [1.807, 2.05) is 74.5 Å². The monoisotopic (exact) mass is 1180 g/mol. The number of nitrogens with one attached hydrogen (secondary N) is 4. The van der Waals surface area contributed by atoms with E-state index in [1.165, 1.54) is 18.4 Å². The van der Waals surface area contributed by atoms with Crippen LogP contribution in [0.2, 0.25) is 0 Å². The van der Waals surface area contributed by atoms with Crippen molar-refractivity contribution in [1.29, 1.82) is 0 Å². The number of carbonyl (C=O) groups is 4. The van der Waals surface area contributed by atoms with E-state index < -0.39 is 17.5 Å². The number of phenols is 1. The summed E-state index contributed by atoms with van der Waals surface area (Å²) in [6.45, 7) is 17.8. The molecule has 0 radical (unpaired) electrons. The van der Waals surface area contributed by atoms with Crippen LogP contribution in [0.1, 0.15) is 137 Å². The van der Waals surface area contributed by atoms with E-state index in [4.69, 9.17) is 37.3 Å². The molecule has 20 nitrogen and oxygen atoms in total. The first-order chi connectivity index (χ1) is 41.1. The number of amides is 5. The molecule has 86 heavy (non-hydrogen) atoms. The minimum absolute atomic E-state index is 0.0760. The number of hydrogen-bond acceptors (Lipinski definition) is 13. The standard InChI is InChI=1S/C51H63N11O4.C15H32N2O3/c1-5-32-12-14-33(15-13-32)26-54-46(64)42-10-8-19-62(42)47(65)44(50(2,3)4)58-49(66)61-30-51(31-61)24-36(25-51)59-20-16-34(17-21-59)35-27-55-48(56-28-35)60-22-18-41-39(29-60)38(45(53)57-41)23-40(52)37-9-6-7-11-43(37)63;1-5-6-7-9-16-15(18)8-11-19-13-14-20-12-10-17(2,3)4/h1,6-7,9,11-15,23,27-28,34,36,42,44,57,63H,8,10,16-22,24-26,29-31,52-53H2,2-4H3,(H,54,64)(H,58,66);5-14H2,1-4H3/p+1/b40-23-;. The van der Waals surface area contributed by atoms with Gasteiger partial charge in [-0.1, -0.05) is 70.7 Å². The van der Waals surface area contributed by atoms with Gasteiger partial charge in [-0.15, -0.1) is 6.42 Å². The lowest BCUT2D eigenvalue weighted by Crippen LogP contribution is -2.70. The summed E-state index contributed by atoms with van der Waals surface area (Å²) in [6.07, 6.45) is 21.5. The van der Waals surface area contributed by atoms with Crippen LogP contribution in [0.15, 0.2) is 60.9 Å². The number of urea groups is 1. The molecular weight excluding hydrogens is 1090 g/mol. The molecule has 1 spiro atoms. The molecular formula is C66H96N13O7+. The number of aromatic hydroxyl groups is 1. The van der Waals surface area contributed by atoms with Gasteiger partial charge >= 0.3 is 6.03 Å². The van der Waals surface area contributed by atoms with Crippen LogP contribution in [-0.4, -0.2) is 181 Å². The Hall–Kier alpha value is -7.18. The summed E-state index contributed by atoms with van der Waals surface area (Å²) >= 11 is 0. The van der Waals surface area contributed by atoms with Gasteiger partial charge in [-0.25, -0.2) is 14.8 Å². The summed E-state index contributed by atoms with van der Waals surface area (Å²) in [5.74, 6) is 4.04. The number of hydrogen-bond donors (Lipinski definition) is 7. The number of aromatic amines is 1. The minimum Gasteiger partial charge on any atom is -0.507 e. The van der Waals surface area contributed by atoms with Crippen LogP contribution in [0, 0.1) is 23.2 Å². The third kappa shape index (κ3) is 17.3. The number of carbonyl (C=O) groups excluding carboxylic acids is 4. The molecule has 4 aliphatic heterocycles. The quantitative estimate of drug-likeness (QED) is 0.0236. The van der Waals surface area contributed by atoms with Crippen molar-refractivity contribution in [3.63, 3.8) is 0 Å². The van der Waals surface area contributed by atoms with Gasteiger partial charge in [0.05, 0.1) is 47.6 Å². The second kappa shape index (κ2) is 29.5. The van der Waals surface area contributed by atoms with Crippen LogP contribution in [0.3, 0.4) is 0 Å². The molecule has 0 bridgehead atoms. The van der Waals surface area contributed by atoms with Gasteiger partial charge in [-0.2, -0.15) is 0 Å². The lowest BCUT2D eigenvalue weighted by molar-refractivity contribution is -0.870. The number of nitrogens with two attached hydrogens (primary N) is 2. The molecule has 5 amide bonds. The fraction of sp³-hybridized carbons (Fsp3) is 0.576. The second-order valence-corrected chi connectivity index (χ2v) is 26.3. The molecule has 3 saturated heterocycles. The summed E-state index contributed by atoms with van der Waals surface area (Å²) in [6, 6.07) is 13.4. The third-order valence-corrected chi connectivity index (χ3v) is 17.6. The molecule has 1 aliphatic carbocycles. The maximum Gasteiger partial charge on any atom is 0.318 e. The van der Waals surface area contributed by atoms with Gasteiger partial charge in [-0.05, 0) is 111 Å². The number of fused-ring (bicyclic) bond motifs is 1. The zero-order chi connectivity index (χ0) is 61.6. The number of benzene rings is 2. The molecule has 2 aromatic carbocycles. The number of nitrogens with zero attached hydrogens (tertiary/aromatic N) is 7. The number of aromatic nitrogens is 3. The first kappa shape index (κ1) is 64.8. The van der Waals surface area contributed by atoms with Gasteiger partial charge in [0.1, 0.15) is 30.2 Å². The fourth-order valence-corrected chi connectivity index (χ4v) is 12.4. The number of likely N-dealkylation sites (N-methyl/N-ethyl adjacent to an activating group) is 1. The molecule has 1 saturated carbocycles. The van der Waals surface area contributed by atoms with Gasteiger partial charge in [0, 0.05) is 116 Å². The lowest BCUT2D eigenvalue weighted by Gasteiger charge is -2.61. The van der Waals surface area contributed by atoms with Crippen LogP contribution < -0.4 is 32.3 Å². The Kier molecular flexibility index (Phi) is 22.2. The van der Waals surface area contributed by atoms with Crippen LogP contribution in [-0.2, 0) is 43.4 Å².